The molecular weight excluding hydrogens is 486 g/mol. The number of carbonyl (C=O) groups excluding carboxylic acids is 1. The summed E-state index contributed by atoms with van der Waals surface area (Å²) in [5, 5.41) is 15.9. The van der Waals surface area contributed by atoms with E-state index in [0.29, 0.717) is 11.8 Å². The predicted octanol–water partition coefficient (Wildman–Crippen LogP) is 4.43. The van der Waals surface area contributed by atoms with Gasteiger partial charge in [0.1, 0.15) is 0 Å². The lowest BCUT2D eigenvalue weighted by Crippen LogP contribution is -2.28. The van der Waals surface area contributed by atoms with Crippen molar-refractivity contribution in [3.63, 3.8) is 0 Å². The minimum absolute atomic E-state index is 0.0495. The van der Waals surface area contributed by atoms with Crippen LogP contribution in [0.2, 0.25) is 0 Å². The van der Waals surface area contributed by atoms with Crippen molar-refractivity contribution in [2.24, 2.45) is 18.9 Å². The van der Waals surface area contributed by atoms with E-state index in [2.05, 4.69) is 64.0 Å². The molecule has 202 valence electrons. The van der Waals surface area contributed by atoms with Gasteiger partial charge in [-0.25, -0.2) is 0 Å². The van der Waals surface area contributed by atoms with E-state index < -0.39 is 0 Å². The number of fused-ring (bicyclic) bond motifs is 1. The molecule has 1 amide bonds. The average molecular weight is 524 g/mol. The Balaban J connectivity index is 1.27. The molecule has 8 heteroatoms. The zero-order valence-electron chi connectivity index (χ0n) is 23.2. The number of hydrogen-bond acceptors (Lipinski definition) is 5. The number of anilines is 1. The highest BCUT2D eigenvalue weighted by Gasteiger charge is 2.36. The standard InChI is InChI=1S/C31H37N7O/c1-5-38-9-8-30(35-38)24-11-22(10-23(12-24)27-16-33-36(4)17-27)21(3)34-31(39)29-13-28(7-6-20(29)2)37-18-25-14-32-15-26(25)19-37/h6-13,16-17,21,25-26,32H,5,14-15,18-19H2,1-4H3,(H,34,39)/t21-,25?,26?/m1/s1. The van der Waals surface area contributed by atoms with Crippen LogP contribution >= 0.6 is 0 Å². The number of hydrogen-bond donors (Lipinski definition) is 2. The molecule has 0 radical (unpaired) electrons. The van der Waals surface area contributed by atoms with E-state index in [4.69, 9.17) is 5.10 Å². The topological polar surface area (TPSA) is 80.0 Å². The van der Waals surface area contributed by atoms with Gasteiger partial charge in [0.05, 0.1) is 17.9 Å². The van der Waals surface area contributed by atoms with E-state index in [1.807, 2.05) is 50.2 Å². The van der Waals surface area contributed by atoms with Gasteiger partial charge in [0.15, 0.2) is 0 Å². The van der Waals surface area contributed by atoms with Gasteiger partial charge in [0, 0.05) is 74.5 Å². The minimum atomic E-state index is -0.193. The summed E-state index contributed by atoms with van der Waals surface area (Å²) in [6.45, 7) is 11.2. The van der Waals surface area contributed by atoms with Crippen molar-refractivity contribution >= 4 is 11.6 Å². The molecular formula is C31H37N7O. The number of carbonyl (C=O) groups is 1. The third-order valence-electron chi connectivity index (χ3n) is 8.32. The van der Waals surface area contributed by atoms with Crippen molar-refractivity contribution in [2.75, 3.05) is 31.1 Å². The maximum Gasteiger partial charge on any atom is 0.252 e. The normalized spacial score (nSPS) is 19.3. The average Bonchev–Trinajstić information content (AvgIpc) is 3.73. The molecule has 3 atom stereocenters. The molecule has 2 aromatic carbocycles. The molecule has 2 N–H and O–H groups in total. The second-order valence-corrected chi connectivity index (χ2v) is 11.1. The molecule has 2 aliphatic heterocycles. The monoisotopic (exact) mass is 523 g/mol. The number of aromatic nitrogens is 4. The van der Waals surface area contributed by atoms with Crippen LogP contribution in [-0.4, -0.2) is 51.6 Å². The number of amides is 1. The lowest BCUT2D eigenvalue weighted by Gasteiger charge is -2.22. The Labute approximate surface area is 230 Å². The third-order valence-corrected chi connectivity index (χ3v) is 8.32. The van der Waals surface area contributed by atoms with Gasteiger partial charge < -0.3 is 15.5 Å². The third kappa shape index (κ3) is 5.08. The summed E-state index contributed by atoms with van der Waals surface area (Å²) in [7, 11) is 1.92. The van der Waals surface area contributed by atoms with Gasteiger partial charge in [-0.3, -0.25) is 14.2 Å². The van der Waals surface area contributed by atoms with Gasteiger partial charge >= 0.3 is 0 Å². The maximum atomic E-state index is 13.6. The van der Waals surface area contributed by atoms with Crippen LogP contribution in [0, 0.1) is 18.8 Å². The quantitative estimate of drug-likeness (QED) is 0.375. The van der Waals surface area contributed by atoms with Crippen LogP contribution in [0.1, 0.15) is 41.4 Å². The fourth-order valence-corrected chi connectivity index (χ4v) is 5.95. The molecule has 0 aliphatic carbocycles. The lowest BCUT2D eigenvalue weighted by molar-refractivity contribution is 0.0939. The molecule has 0 spiro atoms. The van der Waals surface area contributed by atoms with E-state index >= 15 is 0 Å². The van der Waals surface area contributed by atoms with Crippen molar-refractivity contribution in [3.8, 4) is 22.4 Å². The molecule has 2 aromatic heterocycles. The zero-order valence-corrected chi connectivity index (χ0v) is 23.2. The molecule has 4 aromatic rings. The number of benzene rings is 2. The molecule has 0 bridgehead atoms. The van der Waals surface area contributed by atoms with Crippen molar-refractivity contribution in [2.45, 2.75) is 33.4 Å². The molecule has 0 saturated carbocycles. The fourth-order valence-electron chi connectivity index (χ4n) is 5.95. The van der Waals surface area contributed by atoms with Crippen molar-refractivity contribution < 1.29 is 4.79 Å². The first kappa shape index (κ1) is 25.4. The number of nitrogens with one attached hydrogen (secondary N) is 2. The summed E-state index contributed by atoms with van der Waals surface area (Å²) in [6, 6.07) is 14.6. The maximum absolute atomic E-state index is 13.6. The van der Waals surface area contributed by atoms with Crippen LogP contribution < -0.4 is 15.5 Å². The summed E-state index contributed by atoms with van der Waals surface area (Å²) >= 11 is 0. The first-order valence-corrected chi connectivity index (χ1v) is 13.9. The highest BCUT2D eigenvalue weighted by molar-refractivity contribution is 5.97. The first-order chi connectivity index (χ1) is 18.9. The van der Waals surface area contributed by atoms with Crippen molar-refractivity contribution in [1.82, 2.24) is 30.2 Å². The summed E-state index contributed by atoms with van der Waals surface area (Å²) < 4.78 is 3.73. The first-order valence-electron chi connectivity index (χ1n) is 13.9. The highest BCUT2D eigenvalue weighted by Crippen LogP contribution is 2.33. The number of rotatable bonds is 7. The Hall–Kier alpha value is -3.91. The Morgan fingerprint density at radius 3 is 2.54 bits per heavy atom. The van der Waals surface area contributed by atoms with E-state index in [0.717, 1.165) is 77.5 Å². The van der Waals surface area contributed by atoms with Crippen LogP contribution in [0.5, 0.6) is 0 Å². The van der Waals surface area contributed by atoms with Gasteiger partial charge in [-0.15, -0.1) is 0 Å². The van der Waals surface area contributed by atoms with Gasteiger partial charge in [0.25, 0.3) is 5.91 Å². The number of aryl methyl sites for hydroxylation is 3. The van der Waals surface area contributed by atoms with Gasteiger partial charge in [-0.2, -0.15) is 10.2 Å². The molecule has 2 unspecified atom stereocenters. The predicted molar refractivity (Wildman–Crippen MR) is 155 cm³/mol. The van der Waals surface area contributed by atoms with E-state index in [-0.39, 0.29) is 11.9 Å². The second-order valence-electron chi connectivity index (χ2n) is 11.1. The lowest BCUT2D eigenvalue weighted by atomic mass is 9.96. The van der Waals surface area contributed by atoms with Crippen LogP contribution in [0.3, 0.4) is 0 Å². The van der Waals surface area contributed by atoms with Crippen LogP contribution in [0.4, 0.5) is 5.69 Å². The fraction of sp³-hybridized carbons (Fsp3) is 0.387. The largest absolute Gasteiger partial charge is 0.371 e. The van der Waals surface area contributed by atoms with Crippen LogP contribution in [0.25, 0.3) is 22.4 Å². The summed E-state index contributed by atoms with van der Waals surface area (Å²) in [4.78, 5) is 16.0. The summed E-state index contributed by atoms with van der Waals surface area (Å²) in [5.74, 6) is 1.36. The Morgan fingerprint density at radius 1 is 1.08 bits per heavy atom. The molecule has 39 heavy (non-hydrogen) atoms. The Kier molecular flexibility index (Phi) is 6.73. The van der Waals surface area contributed by atoms with Crippen LogP contribution in [-0.2, 0) is 13.6 Å². The second kappa shape index (κ2) is 10.3. The zero-order chi connectivity index (χ0) is 27.1. The minimum Gasteiger partial charge on any atom is -0.371 e. The molecule has 4 heterocycles. The van der Waals surface area contributed by atoms with Gasteiger partial charge in [-0.1, -0.05) is 6.07 Å². The molecule has 2 fully saturated rings. The van der Waals surface area contributed by atoms with E-state index in [1.165, 1.54) is 0 Å². The van der Waals surface area contributed by atoms with Gasteiger partial charge in [-0.05, 0) is 85.7 Å². The molecule has 2 aliphatic rings. The Morgan fingerprint density at radius 2 is 1.85 bits per heavy atom. The van der Waals surface area contributed by atoms with E-state index in [9.17, 15) is 4.79 Å². The van der Waals surface area contributed by atoms with Gasteiger partial charge in [0.2, 0.25) is 0 Å². The SMILES string of the molecule is CCn1ccc(-c2cc(-c3cnn(C)c3)cc([C@@H](C)NC(=O)c3cc(N4CC5CNCC5C4)ccc3C)c2)n1. The van der Waals surface area contributed by atoms with Crippen molar-refractivity contribution in [1.29, 1.82) is 0 Å². The summed E-state index contributed by atoms with van der Waals surface area (Å²) in [6.07, 6.45) is 5.87. The van der Waals surface area contributed by atoms with E-state index in [1.54, 1.807) is 4.68 Å². The molecule has 8 nitrogen and oxygen atoms in total. The van der Waals surface area contributed by atoms with Crippen molar-refractivity contribution in [3.05, 3.63) is 77.7 Å². The van der Waals surface area contributed by atoms with Crippen LogP contribution in [0.15, 0.2) is 61.1 Å². The Bertz CT molecular complexity index is 1490. The highest BCUT2D eigenvalue weighted by atomic mass is 16.1. The summed E-state index contributed by atoms with van der Waals surface area (Å²) in [5.41, 5.74) is 7.90. The smallest absolute Gasteiger partial charge is 0.252 e. The number of nitrogens with zero attached hydrogens (tertiary/aromatic N) is 5. The molecule has 2 saturated heterocycles. The molecule has 6 rings (SSSR count).